The fraction of sp³-hybridized carbons (Fsp3) is 0. The van der Waals surface area contributed by atoms with Crippen molar-refractivity contribution in [1.82, 2.24) is 4.98 Å². The van der Waals surface area contributed by atoms with Crippen LogP contribution in [0.1, 0.15) is 20.7 Å². The largest absolute Gasteiger partial charge is 0.366 e. The standard InChI is InChI=1S/C19H13ClFN3O2/c20-15-8-5-12(17-14(18(22)25)2-1-9-23-17)10-16(15)24-19(26)11-3-6-13(21)7-4-11/h1-10H,(H2,22,25)(H,24,26). The highest BCUT2D eigenvalue weighted by Gasteiger charge is 2.14. The van der Waals surface area contributed by atoms with Crippen LogP contribution in [0.25, 0.3) is 11.3 Å². The van der Waals surface area contributed by atoms with Crippen molar-refractivity contribution in [3.8, 4) is 11.3 Å². The number of aromatic nitrogens is 1. The Labute approximate surface area is 153 Å². The van der Waals surface area contributed by atoms with E-state index >= 15 is 0 Å². The van der Waals surface area contributed by atoms with E-state index in [9.17, 15) is 14.0 Å². The van der Waals surface area contributed by atoms with E-state index < -0.39 is 17.6 Å². The van der Waals surface area contributed by atoms with Gasteiger partial charge in [0.05, 0.1) is 22.0 Å². The number of nitrogens with zero attached hydrogens (tertiary/aromatic N) is 1. The maximum atomic E-state index is 13.0. The minimum atomic E-state index is -0.611. The van der Waals surface area contributed by atoms with Crippen molar-refractivity contribution in [3.63, 3.8) is 0 Å². The quantitative estimate of drug-likeness (QED) is 0.731. The SMILES string of the molecule is NC(=O)c1cccnc1-c1ccc(Cl)c(NC(=O)c2ccc(F)cc2)c1. The molecule has 0 aliphatic carbocycles. The summed E-state index contributed by atoms with van der Waals surface area (Å²) in [6.45, 7) is 0. The summed E-state index contributed by atoms with van der Waals surface area (Å²) in [4.78, 5) is 28.1. The van der Waals surface area contributed by atoms with Crippen LogP contribution in [-0.4, -0.2) is 16.8 Å². The Kier molecular flexibility index (Phi) is 4.95. The summed E-state index contributed by atoms with van der Waals surface area (Å²) >= 11 is 6.16. The van der Waals surface area contributed by atoms with Crippen LogP contribution in [0.15, 0.2) is 60.8 Å². The first-order valence-electron chi connectivity index (χ1n) is 7.57. The van der Waals surface area contributed by atoms with E-state index in [4.69, 9.17) is 17.3 Å². The number of benzene rings is 2. The van der Waals surface area contributed by atoms with E-state index in [1.54, 1.807) is 30.3 Å². The predicted molar refractivity (Wildman–Crippen MR) is 97.6 cm³/mol. The number of rotatable bonds is 4. The third-order valence-electron chi connectivity index (χ3n) is 3.67. The zero-order valence-corrected chi connectivity index (χ0v) is 14.1. The van der Waals surface area contributed by atoms with Gasteiger partial charge in [0.15, 0.2) is 0 Å². The van der Waals surface area contributed by atoms with Crippen molar-refractivity contribution in [2.24, 2.45) is 5.73 Å². The lowest BCUT2D eigenvalue weighted by Crippen LogP contribution is -2.14. The first-order valence-corrected chi connectivity index (χ1v) is 7.95. The molecule has 0 spiro atoms. The average molecular weight is 370 g/mol. The van der Waals surface area contributed by atoms with Gasteiger partial charge in [0.2, 0.25) is 0 Å². The van der Waals surface area contributed by atoms with Crippen LogP contribution in [0.2, 0.25) is 5.02 Å². The van der Waals surface area contributed by atoms with Gasteiger partial charge in [-0.05, 0) is 48.5 Å². The number of primary amides is 1. The minimum Gasteiger partial charge on any atom is -0.366 e. The smallest absolute Gasteiger partial charge is 0.255 e. The van der Waals surface area contributed by atoms with Gasteiger partial charge < -0.3 is 11.1 Å². The molecule has 1 heterocycles. The molecule has 26 heavy (non-hydrogen) atoms. The van der Waals surface area contributed by atoms with Crippen LogP contribution < -0.4 is 11.1 Å². The molecule has 0 bridgehead atoms. The third-order valence-corrected chi connectivity index (χ3v) is 4.00. The second-order valence-corrected chi connectivity index (χ2v) is 5.83. The van der Waals surface area contributed by atoms with Gasteiger partial charge in [-0.25, -0.2) is 4.39 Å². The fourth-order valence-corrected chi connectivity index (χ4v) is 2.56. The van der Waals surface area contributed by atoms with Crippen LogP contribution in [0.5, 0.6) is 0 Å². The van der Waals surface area contributed by atoms with Gasteiger partial charge >= 0.3 is 0 Å². The predicted octanol–water partition coefficient (Wildman–Crippen LogP) is 3.89. The van der Waals surface area contributed by atoms with Crippen LogP contribution in [0, 0.1) is 5.82 Å². The monoisotopic (exact) mass is 369 g/mol. The lowest BCUT2D eigenvalue weighted by atomic mass is 10.0. The number of nitrogens with two attached hydrogens (primary N) is 1. The van der Waals surface area contributed by atoms with Gasteiger partial charge in [-0.2, -0.15) is 0 Å². The Morgan fingerprint density at radius 3 is 2.50 bits per heavy atom. The van der Waals surface area contributed by atoms with Gasteiger partial charge in [-0.15, -0.1) is 0 Å². The number of hydrogen-bond acceptors (Lipinski definition) is 3. The number of hydrogen-bond donors (Lipinski definition) is 2. The van der Waals surface area contributed by atoms with Crippen LogP contribution in [0.3, 0.4) is 0 Å². The Morgan fingerprint density at radius 1 is 1.08 bits per heavy atom. The first kappa shape index (κ1) is 17.6. The highest BCUT2D eigenvalue weighted by molar-refractivity contribution is 6.34. The van der Waals surface area contributed by atoms with Crippen molar-refractivity contribution >= 4 is 29.1 Å². The molecule has 2 amide bonds. The molecule has 0 aliphatic rings. The molecular formula is C19H13ClFN3O2. The number of halogens is 2. The minimum absolute atomic E-state index is 0.255. The highest BCUT2D eigenvalue weighted by atomic mass is 35.5. The van der Waals surface area contributed by atoms with Crippen LogP contribution in [0.4, 0.5) is 10.1 Å². The summed E-state index contributed by atoms with van der Waals surface area (Å²) in [7, 11) is 0. The van der Waals surface area contributed by atoms with E-state index in [2.05, 4.69) is 10.3 Å². The molecule has 0 unspecified atom stereocenters. The van der Waals surface area contributed by atoms with Crippen molar-refractivity contribution in [2.45, 2.75) is 0 Å². The topological polar surface area (TPSA) is 85.1 Å². The summed E-state index contributed by atoms with van der Waals surface area (Å²) < 4.78 is 13.0. The van der Waals surface area contributed by atoms with E-state index in [0.29, 0.717) is 22.0 Å². The molecule has 7 heteroatoms. The zero-order valence-electron chi connectivity index (χ0n) is 13.4. The van der Waals surface area contributed by atoms with E-state index in [1.807, 2.05) is 0 Å². The van der Waals surface area contributed by atoms with Crippen LogP contribution >= 0.6 is 11.6 Å². The van der Waals surface area contributed by atoms with Gasteiger partial charge in [-0.1, -0.05) is 17.7 Å². The summed E-state index contributed by atoms with van der Waals surface area (Å²) in [5.41, 5.74) is 7.20. The summed E-state index contributed by atoms with van der Waals surface area (Å²) in [5, 5.41) is 2.97. The van der Waals surface area contributed by atoms with Crippen molar-refractivity contribution in [1.29, 1.82) is 0 Å². The lowest BCUT2D eigenvalue weighted by Gasteiger charge is -2.11. The molecule has 0 radical (unpaired) electrons. The van der Waals surface area contributed by atoms with Gasteiger partial charge in [0, 0.05) is 17.3 Å². The van der Waals surface area contributed by atoms with Crippen molar-refractivity contribution in [3.05, 3.63) is 82.8 Å². The zero-order chi connectivity index (χ0) is 18.7. The maximum absolute atomic E-state index is 13.0. The van der Waals surface area contributed by atoms with Gasteiger partial charge in [-0.3, -0.25) is 14.6 Å². The van der Waals surface area contributed by atoms with E-state index in [-0.39, 0.29) is 11.1 Å². The lowest BCUT2D eigenvalue weighted by molar-refractivity contribution is 0.0997. The molecule has 130 valence electrons. The first-order chi connectivity index (χ1) is 12.5. The van der Waals surface area contributed by atoms with Crippen molar-refractivity contribution in [2.75, 3.05) is 5.32 Å². The van der Waals surface area contributed by atoms with Crippen molar-refractivity contribution < 1.29 is 14.0 Å². The van der Waals surface area contributed by atoms with Gasteiger partial charge in [0.1, 0.15) is 5.82 Å². The van der Waals surface area contributed by atoms with Gasteiger partial charge in [0.25, 0.3) is 11.8 Å². The normalized spacial score (nSPS) is 10.4. The number of nitrogens with one attached hydrogen (secondary N) is 1. The molecule has 0 saturated carbocycles. The highest BCUT2D eigenvalue weighted by Crippen LogP contribution is 2.29. The second kappa shape index (κ2) is 7.33. The van der Waals surface area contributed by atoms with Crippen LogP contribution in [-0.2, 0) is 0 Å². The number of carbonyl (C=O) groups excluding carboxylic acids is 2. The summed E-state index contributed by atoms with van der Waals surface area (Å²) in [6.07, 6.45) is 1.53. The Hall–Kier alpha value is -3.25. The van der Waals surface area contributed by atoms with E-state index in [1.165, 1.54) is 30.5 Å². The molecule has 3 aromatic rings. The molecule has 5 nitrogen and oxygen atoms in total. The number of anilines is 1. The van der Waals surface area contributed by atoms with E-state index in [0.717, 1.165) is 0 Å². The summed E-state index contributed by atoms with van der Waals surface area (Å²) in [5.74, 6) is -1.49. The molecule has 0 aliphatic heterocycles. The molecule has 1 aromatic heterocycles. The third kappa shape index (κ3) is 3.70. The molecule has 3 rings (SSSR count). The fourth-order valence-electron chi connectivity index (χ4n) is 2.40. The number of carbonyl (C=O) groups is 2. The maximum Gasteiger partial charge on any atom is 0.255 e. The second-order valence-electron chi connectivity index (χ2n) is 5.42. The molecule has 2 aromatic carbocycles. The number of pyridine rings is 1. The summed E-state index contributed by atoms with van der Waals surface area (Å²) in [6, 6.07) is 13.1. The molecule has 3 N–H and O–H groups in total. The molecular weight excluding hydrogens is 357 g/mol. The molecule has 0 atom stereocenters. The molecule has 0 fully saturated rings. The average Bonchev–Trinajstić information content (AvgIpc) is 2.64. The Bertz CT molecular complexity index is 990. The Balaban J connectivity index is 1.95. The Morgan fingerprint density at radius 2 is 1.81 bits per heavy atom. The number of amides is 2. The molecule has 0 saturated heterocycles.